The fraction of sp³-hybridized carbons (Fsp3) is 0.368. The van der Waals surface area contributed by atoms with E-state index >= 15 is 0 Å². The Morgan fingerprint density at radius 1 is 1.27 bits per heavy atom. The highest BCUT2D eigenvalue weighted by atomic mass is 32.1. The van der Waals surface area contributed by atoms with Crippen LogP contribution in [0.3, 0.4) is 0 Å². The molecule has 1 atom stereocenters. The zero-order chi connectivity index (χ0) is 18.7. The van der Waals surface area contributed by atoms with Crippen molar-refractivity contribution in [3.8, 4) is 0 Å². The maximum Gasteiger partial charge on any atom is 0.261 e. The molecular formula is C19H23N5OS. The van der Waals surface area contributed by atoms with Crippen LogP contribution in [0.25, 0.3) is 10.2 Å². The van der Waals surface area contributed by atoms with E-state index in [-0.39, 0.29) is 11.9 Å². The number of hydrogen-bond donors (Lipinski definition) is 2. The normalized spacial score (nSPS) is 12.2. The van der Waals surface area contributed by atoms with Crippen molar-refractivity contribution in [1.29, 1.82) is 0 Å². The Balaban J connectivity index is 1.88. The predicted molar refractivity (Wildman–Crippen MR) is 106 cm³/mol. The molecule has 0 saturated heterocycles. The van der Waals surface area contributed by atoms with Gasteiger partial charge in [0.25, 0.3) is 5.91 Å². The number of pyridine rings is 1. The number of fused-ring (bicyclic) bond motifs is 1. The number of amides is 1. The van der Waals surface area contributed by atoms with Gasteiger partial charge >= 0.3 is 0 Å². The Kier molecular flexibility index (Phi) is 5.46. The van der Waals surface area contributed by atoms with Gasteiger partial charge in [-0.25, -0.2) is 9.97 Å². The van der Waals surface area contributed by atoms with E-state index in [2.05, 4.69) is 32.5 Å². The quantitative estimate of drug-likeness (QED) is 0.690. The van der Waals surface area contributed by atoms with Gasteiger partial charge in [-0.3, -0.25) is 9.78 Å². The summed E-state index contributed by atoms with van der Waals surface area (Å²) in [5, 5.41) is 7.26. The average Bonchev–Trinajstić information content (AvgIpc) is 2.97. The molecule has 3 heterocycles. The monoisotopic (exact) mass is 369 g/mol. The third-order valence-electron chi connectivity index (χ3n) is 4.31. The second-order valence-corrected chi connectivity index (χ2v) is 7.36. The summed E-state index contributed by atoms with van der Waals surface area (Å²) in [5.74, 6) is 0.681. The summed E-state index contributed by atoms with van der Waals surface area (Å²) < 4.78 is 0. The van der Waals surface area contributed by atoms with Crippen LogP contribution in [-0.4, -0.2) is 26.9 Å². The van der Waals surface area contributed by atoms with Crippen LogP contribution >= 0.6 is 11.3 Å². The van der Waals surface area contributed by atoms with E-state index in [1.165, 1.54) is 17.7 Å². The molecule has 1 amide bonds. The number of aromatic nitrogens is 3. The second kappa shape index (κ2) is 7.78. The summed E-state index contributed by atoms with van der Waals surface area (Å²) >= 11 is 1.40. The lowest BCUT2D eigenvalue weighted by Crippen LogP contribution is -2.31. The molecule has 3 aromatic rings. The van der Waals surface area contributed by atoms with Gasteiger partial charge in [0.2, 0.25) is 0 Å². The van der Waals surface area contributed by atoms with Crippen LogP contribution in [0.1, 0.15) is 46.9 Å². The average molecular weight is 369 g/mol. The molecule has 3 rings (SSSR count). The van der Waals surface area contributed by atoms with Crippen molar-refractivity contribution in [2.24, 2.45) is 0 Å². The Hall–Kier alpha value is -2.54. The number of nitrogens with one attached hydrogen (secondary N) is 2. The van der Waals surface area contributed by atoms with Crippen molar-refractivity contribution in [1.82, 2.24) is 20.3 Å². The minimum absolute atomic E-state index is 0.0499. The SMILES string of the molecule is CC[C@@H](C)NC(=O)c1sc2ncnc(NCc3cccc(C)n3)c2c1C. The molecule has 0 fully saturated rings. The van der Waals surface area contributed by atoms with Crippen LogP contribution in [0.2, 0.25) is 0 Å². The van der Waals surface area contributed by atoms with Gasteiger partial charge in [0.15, 0.2) is 0 Å². The van der Waals surface area contributed by atoms with Gasteiger partial charge in [0.1, 0.15) is 17.0 Å². The number of anilines is 1. The molecule has 0 saturated carbocycles. The largest absolute Gasteiger partial charge is 0.364 e. The molecule has 0 aromatic carbocycles. The number of hydrogen-bond acceptors (Lipinski definition) is 6. The summed E-state index contributed by atoms with van der Waals surface area (Å²) in [6, 6.07) is 6.08. The molecule has 0 unspecified atom stereocenters. The zero-order valence-electron chi connectivity index (χ0n) is 15.5. The molecule has 0 bridgehead atoms. The van der Waals surface area contributed by atoms with Crippen LogP contribution < -0.4 is 10.6 Å². The fourth-order valence-electron chi connectivity index (χ4n) is 2.69. The lowest BCUT2D eigenvalue weighted by molar-refractivity contribution is 0.0943. The van der Waals surface area contributed by atoms with Crippen LogP contribution in [-0.2, 0) is 6.54 Å². The van der Waals surface area contributed by atoms with Crippen LogP contribution in [0.15, 0.2) is 24.5 Å². The standard InChI is InChI=1S/C19H23N5OS/c1-5-11(2)24-18(25)16-13(4)15-17(21-10-22-19(15)26-16)20-9-14-8-6-7-12(3)23-14/h6-8,10-11H,5,9H2,1-4H3,(H,24,25)(H,20,21,22)/t11-/m1/s1. The van der Waals surface area contributed by atoms with Crippen LogP contribution in [0.4, 0.5) is 5.82 Å². The van der Waals surface area contributed by atoms with Gasteiger partial charge < -0.3 is 10.6 Å². The first kappa shape index (κ1) is 18.3. The van der Waals surface area contributed by atoms with Gasteiger partial charge in [-0.1, -0.05) is 13.0 Å². The van der Waals surface area contributed by atoms with Crippen molar-refractivity contribution in [3.63, 3.8) is 0 Å². The van der Waals surface area contributed by atoms with Gasteiger partial charge in [-0.05, 0) is 44.9 Å². The number of nitrogens with zero attached hydrogens (tertiary/aromatic N) is 3. The summed E-state index contributed by atoms with van der Waals surface area (Å²) in [7, 11) is 0. The Labute approximate surface area is 157 Å². The minimum atomic E-state index is -0.0499. The van der Waals surface area contributed by atoms with E-state index < -0.39 is 0 Å². The van der Waals surface area contributed by atoms with Gasteiger partial charge in [-0.15, -0.1) is 11.3 Å². The summed E-state index contributed by atoms with van der Waals surface area (Å²) in [5.41, 5.74) is 2.83. The molecule has 6 nitrogen and oxygen atoms in total. The molecule has 3 aromatic heterocycles. The van der Waals surface area contributed by atoms with Crippen LogP contribution in [0.5, 0.6) is 0 Å². The first-order chi connectivity index (χ1) is 12.5. The third kappa shape index (κ3) is 3.83. The first-order valence-corrected chi connectivity index (χ1v) is 9.52. The van der Waals surface area contributed by atoms with E-state index in [0.717, 1.165) is 39.4 Å². The Morgan fingerprint density at radius 2 is 2.08 bits per heavy atom. The summed E-state index contributed by atoms with van der Waals surface area (Å²) in [6.45, 7) is 8.54. The molecule has 0 aliphatic heterocycles. The topological polar surface area (TPSA) is 79.8 Å². The fourth-order valence-corrected chi connectivity index (χ4v) is 3.74. The lowest BCUT2D eigenvalue weighted by atomic mass is 10.2. The molecule has 0 aliphatic rings. The lowest BCUT2D eigenvalue weighted by Gasteiger charge is -2.10. The van der Waals surface area contributed by atoms with Crippen molar-refractivity contribution >= 4 is 33.3 Å². The van der Waals surface area contributed by atoms with Crippen LogP contribution in [0, 0.1) is 13.8 Å². The number of carbonyl (C=O) groups is 1. The first-order valence-electron chi connectivity index (χ1n) is 8.71. The molecule has 0 spiro atoms. The summed E-state index contributed by atoms with van der Waals surface area (Å²) in [6.07, 6.45) is 2.42. The van der Waals surface area contributed by atoms with Crippen molar-refractivity contribution in [3.05, 3.63) is 46.4 Å². The predicted octanol–water partition coefficient (Wildman–Crippen LogP) is 3.84. The molecule has 2 N–H and O–H groups in total. The number of aryl methyl sites for hydroxylation is 2. The van der Waals surface area contributed by atoms with Gasteiger partial charge in [-0.2, -0.15) is 0 Å². The highest BCUT2D eigenvalue weighted by molar-refractivity contribution is 7.20. The minimum Gasteiger partial charge on any atom is -0.364 e. The Morgan fingerprint density at radius 3 is 2.81 bits per heavy atom. The number of carbonyl (C=O) groups excluding carboxylic acids is 1. The van der Waals surface area contributed by atoms with Crippen molar-refractivity contribution in [2.45, 2.75) is 46.7 Å². The number of thiophene rings is 1. The maximum atomic E-state index is 12.6. The highest BCUT2D eigenvalue weighted by Gasteiger charge is 2.20. The molecule has 26 heavy (non-hydrogen) atoms. The Bertz CT molecular complexity index is 937. The zero-order valence-corrected chi connectivity index (χ0v) is 16.3. The molecule has 7 heteroatoms. The van der Waals surface area contributed by atoms with Crippen molar-refractivity contribution in [2.75, 3.05) is 5.32 Å². The van der Waals surface area contributed by atoms with Gasteiger partial charge in [0.05, 0.1) is 22.5 Å². The molecule has 136 valence electrons. The molecule has 0 radical (unpaired) electrons. The third-order valence-corrected chi connectivity index (χ3v) is 5.50. The molecular weight excluding hydrogens is 346 g/mol. The van der Waals surface area contributed by atoms with E-state index in [1.807, 2.05) is 39.0 Å². The van der Waals surface area contributed by atoms with E-state index in [0.29, 0.717) is 11.4 Å². The molecule has 0 aliphatic carbocycles. The number of rotatable bonds is 6. The maximum absolute atomic E-state index is 12.6. The van der Waals surface area contributed by atoms with E-state index in [9.17, 15) is 4.79 Å². The summed E-state index contributed by atoms with van der Waals surface area (Å²) in [4.78, 5) is 27.3. The second-order valence-electron chi connectivity index (χ2n) is 6.37. The smallest absolute Gasteiger partial charge is 0.261 e. The van der Waals surface area contributed by atoms with E-state index in [4.69, 9.17) is 0 Å². The van der Waals surface area contributed by atoms with E-state index in [1.54, 1.807) is 0 Å². The highest BCUT2D eigenvalue weighted by Crippen LogP contribution is 2.33. The van der Waals surface area contributed by atoms with Crippen molar-refractivity contribution < 1.29 is 4.79 Å². The van der Waals surface area contributed by atoms with Gasteiger partial charge in [0, 0.05) is 11.7 Å².